The Labute approximate surface area is 421 Å². The summed E-state index contributed by atoms with van der Waals surface area (Å²) in [5, 5.41) is 62.6. The number of benzene rings is 2. The van der Waals surface area contributed by atoms with Gasteiger partial charge in [-0.2, -0.15) is 0 Å². The van der Waals surface area contributed by atoms with E-state index in [1.165, 1.54) is 22.8 Å². The highest BCUT2D eigenvalue weighted by atomic mass is 16.7. The predicted molar refractivity (Wildman–Crippen MR) is 249 cm³/mol. The van der Waals surface area contributed by atoms with Crippen molar-refractivity contribution in [2.75, 3.05) is 31.7 Å². The second-order valence-electron chi connectivity index (χ2n) is 17.7. The Kier molecular flexibility index (Phi) is 14.2. The molecule has 0 radical (unpaired) electrons. The summed E-state index contributed by atoms with van der Waals surface area (Å²) in [6.45, 7) is -0.339. The number of carboxylic acid groups (broad SMARTS) is 1. The molecule has 0 aliphatic carbocycles. The van der Waals surface area contributed by atoms with Crippen molar-refractivity contribution in [1.29, 1.82) is 0 Å². The molecule has 0 spiro atoms. The van der Waals surface area contributed by atoms with Gasteiger partial charge in [0.25, 0.3) is 17.4 Å². The maximum Gasteiger partial charge on any atom is 0.407 e. The van der Waals surface area contributed by atoms with Crippen LogP contribution in [0.4, 0.5) is 10.5 Å². The number of alkyl carbamates (subject to hydrolysis) is 1. The number of nitrogens with one attached hydrogen (secondary N) is 4. The average molecular weight is 1040 g/mol. The molecule has 4 aromatic rings. The number of aliphatic hydroxyl groups is 4. The van der Waals surface area contributed by atoms with E-state index < -0.39 is 103 Å². The van der Waals surface area contributed by atoms with Crippen molar-refractivity contribution in [3.63, 3.8) is 0 Å². The summed E-state index contributed by atoms with van der Waals surface area (Å²) in [5.41, 5.74) is -0.00664. The van der Waals surface area contributed by atoms with E-state index in [1.807, 2.05) is 0 Å². The maximum atomic E-state index is 13.9. The zero-order chi connectivity index (χ0) is 53.5. The van der Waals surface area contributed by atoms with Gasteiger partial charge >= 0.3 is 18.0 Å². The molecule has 27 heteroatoms. The predicted octanol–water partition coefficient (Wildman–Crippen LogP) is -1.62. The van der Waals surface area contributed by atoms with Gasteiger partial charge in [-0.1, -0.05) is 13.0 Å². The first-order chi connectivity index (χ1) is 35.8. The number of fused-ring (bicyclic) bond motifs is 6. The quantitative estimate of drug-likeness (QED) is 0.0373. The Bertz CT molecular complexity index is 3160. The van der Waals surface area contributed by atoms with Gasteiger partial charge in [-0.3, -0.25) is 33.7 Å². The average Bonchev–Trinajstić information content (AvgIpc) is 4.12. The summed E-state index contributed by atoms with van der Waals surface area (Å²) in [6.07, 6.45) is -9.46. The van der Waals surface area contributed by atoms with Gasteiger partial charge in [-0.25, -0.2) is 19.4 Å². The van der Waals surface area contributed by atoms with Crippen LogP contribution in [0.5, 0.6) is 17.2 Å². The van der Waals surface area contributed by atoms with Crippen LogP contribution in [0.25, 0.3) is 22.3 Å². The van der Waals surface area contributed by atoms with Gasteiger partial charge in [0.2, 0.25) is 30.8 Å². The molecule has 0 saturated carbocycles. The van der Waals surface area contributed by atoms with Crippen molar-refractivity contribution < 1.29 is 92.3 Å². The van der Waals surface area contributed by atoms with Gasteiger partial charge in [-0.15, -0.1) is 0 Å². The molecule has 3 unspecified atom stereocenters. The van der Waals surface area contributed by atoms with E-state index in [1.54, 1.807) is 25.1 Å². The standard InChI is InChI=1S/C48H47N7O20/c1-2-48(69)26-13-29-38-24(17-55(29)43(64)25(26)19-70-46(48)67)23(22-12-31-32(73-20-72-31)14-27(22)53-38)15-50-35(58)16-51-47(68)71-18-21-3-4-30(74-45-41(63)39(61)40(62)42(75-45)44(65)66)28(11-21)52-34(57)7-9-49-33(56)8-10-54-36(59)5-6-37(54)60/h3-6,11-14,39-42,45,61-63,69H,2,7-10,15-20H2,1H3,(H,49,56)(H,50,58)(H,51,68)(H,52,57)(H,65,66)/t39?,40-,41?,42?,45+,48-/m0/s1. The third-order valence-electron chi connectivity index (χ3n) is 13.0. The normalized spacial score (nSPS) is 22.0. The van der Waals surface area contributed by atoms with Crippen molar-refractivity contribution in [1.82, 2.24) is 30.4 Å². The minimum absolute atomic E-state index is 0.0149. The second-order valence-corrected chi connectivity index (χ2v) is 17.7. The molecule has 2 aromatic heterocycles. The highest BCUT2D eigenvalue weighted by Crippen LogP contribution is 2.43. The molecule has 2 aromatic carbocycles. The van der Waals surface area contributed by atoms with Crippen LogP contribution in [0.15, 0.2) is 53.3 Å². The molecule has 5 aliphatic heterocycles. The molecule has 1 fully saturated rings. The highest BCUT2D eigenvalue weighted by molar-refractivity contribution is 6.13. The van der Waals surface area contributed by atoms with Crippen molar-refractivity contribution in [3.8, 4) is 28.6 Å². The first-order valence-electron chi connectivity index (χ1n) is 23.3. The number of pyridine rings is 2. The summed E-state index contributed by atoms with van der Waals surface area (Å²) in [5.74, 6) is -5.05. The summed E-state index contributed by atoms with van der Waals surface area (Å²) in [7, 11) is 0. The van der Waals surface area contributed by atoms with Gasteiger partial charge < -0.3 is 79.8 Å². The zero-order valence-corrected chi connectivity index (χ0v) is 39.5. The minimum atomic E-state index is -2.06. The number of carbonyl (C=O) groups excluding carboxylic acids is 7. The van der Waals surface area contributed by atoms with E-state index >= 15 is 0 Å². The Morgan fingerprint density at radius 1 is 0.853 bits per heavy atom. The third-order valence-corrected chi connectivity index (χ3v) is 13.0. The van der Waals surface area contributed by atoms with Crippen LogP contribution >= 0.6 is 0 Å². The van der Waals surface area contributed by atoms with Gasteiger partial charge in [0, 0.05) is 67.2 Å². The van der Waals surface area contributed by atoms with Crippen LogP contribution in [-0.4, -0.2) is 145 Å². The Morgan fingerprint density at radius 3 is 2.33 bits per heavy atom. The van der Waals surface area contributed by atoms with Crippen molar-refractivity contribution in [2.24, 2.45) is 0 Å². The van der Waals surface area contributed by atoms with Crippen LogP contribution in [0.2, 0.25) is 0 Å². The second kappa shape index (κ2) is 20.8. The van der Waals surface area contributed by atoms with Crippen molar-refractivity contribution in [2.45, 2.75) is 88.8 Å². The van der Waals surface area contributed by atoms with Gasteiger partial charge in [0.05, 0.1) is 34.7 Å². The molecule has 9 rings (SSSR count). The molecule has 7 heterocycles. The lowest BCUT2D eigenvalue weighted by atomic mass is 9.86. The number of aliphatic hydroxyl groups excluding tert-OH is 3. The molecule has 394 valence electrons. The van der Waals surface area contributed by atoms with E-state index in [2.05, 4.69) is 21.3 Å². The van der Waals surface area contributed by atoms with Crippen molar-refractivity contribution >= 4 is 64.2 Å². The number of rotatable bonds is 17. The van der Waals surface area contributed by atoms with Crippen LogP contribution in [0.1, 0.15) is 54.0 Å². The fraction of sp³-hybridized carbons (Fsp3) is 0.375. The van der Waals surface area contributed by atoms with Crippen LogP contribution in [0.3, 0.4) is 0 Å². The molecule has 27 nitrogen and oxygen atoms in total. The largest absolute Gasteiger partial charge is 0.479 e. The lowest BCUT2D eigenvalue weighted by Gasteiger charge is -2.38. The SMILES string of the molecule is CC[C@@]1(O)C(=O)OCc2c1cc1n(c2=O)Cc2c-1nc1cc3c(cc1c2CNC(=O)CNC(=O)OCc1ccc(O[C@@H]2OC(C(=O)O)[C@@H](O)C(O)C2O)c(NC(=O)CCNC(=O)CCN2C(=O)C=CC2=O)c1)OCO3. The number of carboxylic acids is 1. The number of hydrogen-bond acceptors (Lipinski definition) is 20. The van der Waals surface area contributed by atoms with E-state index in [-0.39, 0.29) is 87.0 Å². The smallest absolute Gasteiger partial charge is 0.407 e. The topological polar surface area (TPSA) is 379 Å². The highest BCUT2D eigenvalue weighted by Gasteiger charge is 2.49. The monoisotopic (exact) mass is 1040 g/mol. The fourth-order valence-electron chi connectivity index (χ4n) is 8.98. The number of carbonyl (C=O) groups is 8. The summed E-state index contributed by atoms with van der Waals surface area (Å²) >= 11 is 0. The van der Waals surface area contributed by atoms with Crippen LogP contribution < -0.4 is 41.0 Å². The van der Waals surface area contributed by atoms with Gasteiger partial charge in [0.15, 0.2) is 23.2 Å². The lowest BCUT2D eigenvalue weighted by Crippen LogP contribution is -2.61. The first kappa shape index (κ1) is 51.4. The Morgan fingerprint density at radius 2 is 1.60 bits per heavy atom. The van der Waals surface area contributed by atoms with Crippen LogP contribution in [0, 0.1) is 0 Å². The minimum Gasteiger partial charge on any atom is -0.479 e. The number of anilines is 1. The number of amides is 6. The van der Waals surface area contributed by atoms with E-state index in [0.29, 0.717) is 44.9 Å². The molecule has 1 saturated heterocycles. The molecule has 5 aliphatic rings. The maximum absolute atomic E-state index is 13.9. The number of aliphatic carboxylic acids is 1. The number of imide groups is 1. The molecule has 6 atom stereocenters. The lowest BCUT2D eigenvalue weighted by molar-refractivity contribution is -0.271. The number of hydrogen-bond donors (Lipinski definition) is 9. The molecule has 9 N–H and O–H groups in total. The number of cyclic esters (lactones) is 1. The fourth-order valence-corrected chi connectivity index (χ4v) is 8.98. The Balaban J connectivity index is 0.852. The van der Waals surface area contributed by atoms with E-state index in [9.17, 15) is 68.7 Å². The molecule has 75 heavy (non-hydrogen) atoms. The Hall–Kier alpha value is -8.50. The summed E-state index contributed by atoms with van der Waals surface area (Å²) in [6, 6.07) is 8.77. The molecular formula is C48H47N7O20. The number of esters is 1. The number of aromatic nitrogens is 2. The summed E-state index contributed by atoms with van der Waals surface area (Å²) < 4.78 is 34.1. The summed E-state index contributed by atoms with van der Waals surface area (Å²) in [4.78, 5) is 119. The third kappa shape index (κ3) is 10.1. The molecular weight excluding hydrogens is 995 g/mol. The molecule has 0 bridgehead atoms. The van der Waals surface area contributed by atoms with E-state index in [4.69, 9.17) is 33.4 Å². The molecule has 6 amide bonds. The van der Waals surface area contributed by atoms with Crippen LogP contribution in [-0.2, 0) is 79.7 Å². The van der Waals surface area contributed by atoms with Gasteiger partial charge in [0.1, 0.15) is 43.8 Å². The zero-order valence-electron chi connectivity index (χ0n) is 39.5. The number of nitrogens with zero attached hydrogens (tertiary/aromatic N) is 3. The number of ether oxygens (including phenoxy) is 6. The van der Waals surface area contributed by atoms with E-state index in [0.717, 1.165) is 17.1 Å². The first-order valence-corrected chi connectivity index (χ1v) is 23.3. The van der Waals surface area contributed by atoms with Gasteiger partial charge in [-0.05, 0) is 41.8 Å². The van der Waals surface area contributed by atoms with Crippen molar-refractivity contribution in [3.05, 3.63) is 86.7 Å².